The fourth-order valence-corrected chi connectivity index (χ4v) is 2.22. The van der Waals surface area contributed by atoms with Crippen molar-refractivity contribution in [1.82, 2.24) is 10.2 Å². The molecule has 112 valence electrons. The van der Waals surface area contributed by atoms with E-state index in [-0.39, 0.29) is 0 Å². The lowest BCUT2D eigenvalue weighted by molar-refractivity contribution is -0.142. The lowest BCUT2D eigenvalue weighted by atomic mass is 9.92. The van der Waals surface area contributed by atoms with Crippen LogP contribution in [0.5, 0.6) is 5.75 Å². The zero-order valence-corrected chi connectivity index (χ0v) is 11.8. The normalized spacial score (nSPS) is 21.3. The number of nitrogens with one attached hydrogen (secondary N) is 1. The third kappa shape index (κ3) is 2.67. The highest BCUT2D eigenvalue weighted by Crippen LogP contribution is 2.29. The molecular weight excluding hydrogens is 276 g/mol. The first kappa shape index (κ1) is 14.8. The number of rotatable bonds is 5. The number of nitrogens with zero attached hydrogens (tertiary/aromatic N) is 1. The Labute approximate surface area is 121 Å². The molecule has 1 aliphatic rings. The zero-order chi connectivity index (χ0) is 15.6. The second-order valence-electron chi connectivity index (χ2n) is 4.80. The number of carbonyl (C=O) groups excluding carboxylic acids is 2. The number of carbonyl (C=O) groups is 3. The Morgan fingerprint density at radius 3 is 2.48 bits per heavy atom. The maximum Gasteiger partial charge on any atom is 0.325 e. The van der Waals surface area contributed by atoms with Crippen molar-refractivity contribution in [2.45, 2.75) is 19.4 Å². The lowest BCUT2D eigenvalue weighted by Gasteiger charge is -2.22. The topological polar surface area (TPSA) is 95.9 Å². The second kappa shape index (κ2) is 5.43. The molecule has 1 aromatic rings. The van der Waals surface area contributed by atoms with Gasteiger partial charge in [-0.25, -0.2) is 4.79 Å². The standard InChI is InChI=1S/C14H16N2O5/c1-3-21-10-6-4-9(5-7-10)14(2)12(19)16(8-11(17)18)13(20)15-14/h4-7H,3,8H2,1-2H3,(H,15,20)(H,17,18). The van der Waals surface area contributed by atoms with Gasteiger partial charge < -0.3 is 15.2 Å². The highest BCUT2D eigenvalue weighted by molar-refractivity contribution is 6.08. The van der Waals surface area contributed by atoms with Gasteiger partial charge in [-0.2, -0.15) is 0 Å². The summed E-state index contributed by atoms with van der Waals surface area (Å²) < 4.78 is 5.32. The number of hydrogen-bond acceptors (Lipinski definition) is 4. The van der Waals surface area contributed by atoms with Gasteiger partial charge in [0.05, 0.1) is 6.61 Å². The molecule has 0 bridgehead atoms. The van der Waals surface area contributed by atoms with E-state index in [1.54, 1.807) is 31.2 Å². The SMILES string of the molecule is CCOc1ccc(C2(C)NC(=O)N(CC(=O)O)C2=O)cc1. The number of carboxylic acids is 1. The minimum atomic E-state index is -1.27. The van der Waals surface area contributed by atoms with Crippen LogP contribution in [0.2, 0.25) is 0 Å². The molecule has 7 nitrogen and oxygen atoms in total. The highest BCUT2D eigenvalue weighted by Gasteiger charge is 2.49. The van der Waals surface area contributed by atoms with Gasteiger partial charge in [-0.3, -0.25) is 14.5 Å². The molecule has 1 aromatic carbocycles. The van der Waals surface area contributed by atoms with E-state index in [1.807, 2.05) is 6.92 Å². The van der Waals surface area contributed by atoms with Crippen molar-refractivity contribution in [2.75, 3.05) is 13.2 Å². The third-order valence-corrected chi connectivity index (χ3v) is 3.31. The van der Waals surface area contributed by atoms with Gasteiger partial charge in [-0.15, -0.1) is 0 Å². The van der Waals surface area contributed by atoms with E-state index in [4.69, 9.17) is 9.84 Å². The molecule has 1 atom stereocenters. The summed E-state index contributed by atoms with van der Waals surface area (Å²) in [4.78, 5) is 35.5. The van der Waals surface area contributed by atoms with Crippen molar-refractivity contribution in [2.24, 2.45) is 0 Å². The Morgan fingerprint density at radius 1 is 1.33 bits per heavy atom. The van der Waals surface area contributed by atoms with Crippen LogP contribution >= 0.6 is 0 Å². The molecule has 0 radical (unpaired) electrons. The number of carboxylic acid groups (broad SMARTS) is 1. The van der Waals surface area contributed by atoms with Crippen LogP contribution in [0, 0.1) is 0 Å². The van der Waals surface area contributed by atoms with E-state index in [9.17, 15) is 14.4 Å². The number of benzene rings is 1. The van der Waals surface area contributed by atoms with Gasteiger partial charge in [0.2, 0.25) is 0 Å². The van der Waals surface area contributed by atoms with Crippen LogP contribution in [0.4, 0.5) is 4.79 Å². The summed E-state index contributed by atoms with van der Waals surface area (Å²) in [5.41, 5.74) is -0.700. The van der Waals surface area contributed by atoms with Crippen molar-refractivity contribution in [1.29, 1.82) is 0 Å². The van der Waals surface area contributed by atoms with E-state index in [0.717, 1.165) is 0 Å². The molecule has 2 N–H and O–H groups in total. The second-order valence-corrected chi connectivity index (χ2v) is 4.80. The Hall–Kier alpha value is -2.57. The van der Waals surface area contributed by atoms with Gasteiger partial charge in [-0.05, 0) is 31.5 Å². The summed E-state index contributed by atoms with van der Waals surface area (Å²) in [7, 11) is 0. The van der Waals surface area contributed by atoms with Gasteiger partial charge in [-0.1, -0.05) is 12.1 Å². The molecule has 1 aliphatic heterocycles. The Kier molecular flexibility index (Phi) is 3.84. The molecule has 0 aromatic heterocycles. The van der Waals surface area contributed by atoms with Crippen LogP contribution in [-0.2, 0) is 15.1 Å². The number of hydrogen-bond donors (Lipinski definition) is 2. The van der Waals surface area contributed by atoms with Crippen LogP contribution < -0.4 is 10.1 Å². The molecule has 1 saturated heterocycles. The quantitative estimate of drug-likeness (QED) is 0.787. The average molecular weight is 292 g/mol. The van der Waals surface area contributed by atoms with Crippen LogP contribution in [-0.4, -0.2) is 41.1 Å². The predicted molar refractivity (Wildman–Crippen MR) is 72.8 cm³/mol. The fraction of sp³-hybridized carbons (Fsp3) is 0.357. The summed E-state index contributed by atoms with van der Waals surface area (Å²) >= 11 is 0. The minimum Gasteiger partial charge on any atom is -0.494 e. The van der Waals surface area contributed by atoms with Gasteiger partial charge in [0.1, 0.15) is 17.8 Å². The minimum absolute atomic E-state index is 0.526. The molecule has 21 heavy (non-hydrogen) atoms. The van der Waals surface area contributed by atoms with Crippen LogP contribution in [0.1, 0.15) is 19.4 Å². The van der Waals surface area contributed by atoms with E-state index in [1.165, 1.54) is 0 Å². The number of ether oxygens (including phenoxy) is 1. The summed E-state index contributed by atoms with van der Waals surface area (Å²) in [5, 5.41) is 11.3. The summed E-state index contributed by atoms with van der Waals surface area (Å²) in [6, 6.07) is 6.03. The van der Waals surface area contributed by atoms with Crippen molar-refractivity contribution < 1.29 is 24.2 Å². The van der Waals surface area contributed by atoms with Crippen LogP contribution in [0.15, 0.2) is 24.3 Å². The smallest absolute Gasteiger partial charge is 0.325 e. The predicted octanol–water partition coefficient (Wildman–Crippen LogP) is 0.937. The molecule has 0 saturated carbocycles. The molecule has 1 fully saturated rings. The summed E-state index contributed by atoms with van der Waals surface area (Å²) in [5.74, 6) is -1.17. The lowest BCUT2D eigenvalue weighted by Crippen LogP contribution is -2.41. The monoisotopic (exact) mass is 292 g/mol. The van der Waals surface area contributed by atoms with E-state index < -0.39 is 30.0 Å². The molecule has 7 heteroatoms. The van der Waals surface area contributed by atoms with Gasteiger partial charge in [0, 0.05) is 0 Å². The van der Waals surface area contributed by atoms with Crippen molar-refractivity contribution in [3.05, 3.63) is 29.8 Å². The molecule has 3 amide bonds. The van der Waals surface area contributed by atoms with Gasteiger partial charge in [0.25, 0.3) is 5.91 Å². The number of urea groups is 1. The maximum absolute atomic E-state index is 12.3. The van der Waals surface area contributed by atoms with E-state index >= 15 is 0 Å². The molecular formula is C14H16N2O5. The van der Waals surface area contributed by atoms with Crippen LogP contribution in [0.3, 0.4) is 0 Å². The largest absolute Gasteiger partial charge is 0.494 e. The Balaban J connectivity index is 2.27. The first-order valence-electron chi connectivity index (χ1n) is 6.47. The van der Waals surface area contributed by atoms with Crippen LogP contribution in [0.25, 0.3) is 0 Å². The Bertz CT molecular complexity index is 584. The number of amides is 3. The highest BCUT2D eigenvalue weighted by atomic mass is 16.5. The van der Waals surface area contributed by atoms with Crippen molar-refractivity contribution >= 4 is 17.9 Å². The summed E-state index contributed by atoms with van der Waals surface area (Å²) in [6.07, 6.45) is 0. The van der Waals surface area contributed by atoms with E-state index in [2.05, 4.69) is 5.32 Å². The van der Waals surface area contributed by atoms with E-state index in [0.29, 0.717) is 22.8 Å². The third-order valence-electron chi connectivity index (χ3n) is 3.31. The van der Waals surface area contributed by atoms with Gasteiger partial charge in [0.15, 0.2) is 0 Å². The molecule has 1 heterocycles. The maximum atomic E-state index is 12.3. The van der Waals surface area contributed by atoms with Crippen molar-refractivity contribution in [3.8, 4) is 5.75 Å². The molecule has 0 spiro atoms. The fourth-order valence-electron chi connectivity index (χ4n) is 2.22. The molecule has 0 aliphatic carbocycles. The number of imide groups is 1. The first-order valence-corrected chi connectivity index (χ1v) is 6.47. The summed E-state index contributed by atoms with van der Waals surface area (Å²) in [6.45, 7) is 3.28. The Morgan fingerprint density at radius 2 is 1.95 bits per heavy atom. The molecule has 1 unspecified atom stereocenters. The first-order chi connectivity index (χ1) is 9.88. The van der Waals surface area contributed by atoms with Crippen molar-refractivity contribution in [3.63, 3.8) is 0 Å². The zero-order valence-electron chi connectivity index (χ0n) is 11.8. The molecule has 2 rings (SSSR count). The number of aliphatic carboxylic acids is 1. The van der Waals surface area contributed by atoms with Gasteiger partial charge >= 0.3 is 12.0 Å². The average Bonchev–Trinajstić information content (AvgIpc) is 2.64.